The Kier molecular flexibility index (Phi) is 4.55. The Hall–Kier alpha value is -3.27. The van der Waals surface area contributed by atoms with Crippen LogP contribution >= 0.6 is 0 Å². The predicted molar refractivity (Wildman–Crippen MR) is 107 cm³/mol. The van der Waals surface area contributed by atoms with E-state index < -0.39 is 22.2 Å². The Morgan fingerprint density at radius 2 is 1.93 bits per heavy atom. The number of nitrogens with zero attached hydrogens (tertiary/aromatic N) is 6. The van der Waals surface area contributed by atoms with Crippen molar-refractivity contribution in [1.29, 1.82) is 0 Å². The minimum absolute atomic E-state index is 0.114. The van der Waals surface area contributed by atoms with Crippen molar-refractivity contribution in [2.24, 2.45) is 7.05 Å². The fourth-order valence-electron chi connectivity index (χ4n) is 3.05. The van der Waals surface area contributed by atoms with Gasteiger partial charge in [0.25, 0.3) is 0 Å². The van der Waals surface area contributed by atoms with Gasteiger partial charge < -0.3 is 0 Å². The second kappa shape index (κ2) is 7.04. The summed E-state index contributed by atoms with van der Waals surface area (Å²) in [5.74, 6) is 0.246. The first-order chi connectivity index (χ1) is 13.5. The van der Waals surface area contributed by atoms with E-state index in [-0.39, 0.29) is 12.3 Å². The van der Waals surface area contributed by atoms with Crippen LogP contribution in [0.4, 0.5) is 0 Å². The number of hydrogen-bond acceptors (Lipinski definition) is 5. The van der Waals surface area contributed by atoms with Crippen LogP contribution in [0.15, 0.2) is 58.5 Å². The lowest BCUT2D eigenvalue weighted by molar-refractivity contribution is 0.626. The van der Waals surface area contributed by atoms with Crippen molar-refractivity contribution >= 4 is 21.7 Å². The van der Waals surface area contributed by atoms with Gasteiger partial charge in [0.1, 0.15) is 0 Å². The van der Waals surface area contributed by atoms with Crippen LogP contribution in [0.3, 0.4) is 0 Å². The molecular formula is C18H18N6O3S. The first-order valence-electron chi connectivity index (χ1n) is 8.55. The summed E-state index contributed by atoms with van der Waals surface area (Å²) in [6, 6.07) is 9.07. The van der Waals surface area contributed by atoms with Crippen LogP contribution in [-0.2, 0) is 24.4 Å². The smallest absolute Gasteiger partial charge is 0.262 e. The number of aromatic nitrogens is 6. The van der Waals surface area contributed by atoms with Gasteiger partial charge in [-0.1, -0.05) is 0 Å². The summed E-state index contributed by atoms with van der Waals surface area (Å²) < 4.78 is 16.7. The topological polar surface area (TPSA) is 96.7 Å². The molecule has 0 aliphatic heterocycles. The van der Waals surface area contributed by atoms with E-state index in [1.807, 2.05) is 18.3 Å². The zero-order chi connectivity index (χ0) is 19.8. The lowest BCUT2D eigenvalue weighted by Crippen LogP contribution is -2.30. The SMILES string of the molecule is Cn1c(=O)n(CCS(C)=O)c(=O)n1-c1ccc2nn(-c3cccnc3)cc2c1. The zero-order valence-electron chi connectivity index (χ0n) is 15.3. The largest absolute Gasteiger partial charge is 0.351 e. The molecule has 0 amide bonds. The molecule has 1 unspecified atom stereocenters. The fraction of sp³-hybridized carbons (Fsp3) is 0.222. The van der Waals surface area contributed by atoms with E-state index in [2.05, 4.69) is 10.1 Å². The molecule has 3 aromatic heterocycles. The van der Waals surface area contributed by atoms with Crippen LogP contribution in [0.1, 0.15) is 0 Å². The third-order valence-electron chi connectivity index (χ3n) is 4.47. The van der Waals surface area contributed by atoms with Gasteiger partial charge in [-0.25, -0.2) is 23.5 Å². The minimum Gasteiger partial charge on any atom is -0.262 e. The maximum Gasteiger partial charge on any atom is 0.351 e. The molecule has 0 N–H and O–H groups in total. The van der Waals surface area contributed by atoms with E-state index in [1.54, 1.807) is 41.5 Å². The maximum atomic E-state index is 12.8. The fourth-order valence-corrected chi connectivity index (χ4v) is 3.49. The summed E-state index contributed by atoms with van der Waals surface area (Å²) in [5.41, 5.74) is 1.23. The second-order valence-electron chi connectivity index (χ2n) is 6.36. The third kappa shape index (κ3) is 3.11. The Bertz CT molecular complexity index is 1300. The molecule has 28 heavy (non-hydrogen) atoms. The summed E-state index contributed by atoms with van der Waals surface area (Å²) in [5, 5.41) is 5.34. The lowest BCUT2D eigenvalue weighted by Gasteiger charge is -2.04. The van der Waals surface area contributed by atoms with Gasteiger partial charge >= 0.3 is 11.4 Å². The molecule has 4 aromatic rings. The summed E-state index contributed by atoms with van der Waals surface area (Å²) in [4.78, 5) is 29.3. The van der Waals surface area contributed by atoms with Crippen LogP contribution in [-0.4, -0.2) is 44.9 Å². The van der Waals surface area contributed by atoms with Crippen LogP contribution < -0.4 is 11.4 Å². The molecule has 0 radical (unpaired) electrons. The van der Waals surface area contributed by atoms with E-state index in [1.165, 1.54) is 16.4 Å². The van der Waals surface area contributed by atoms with E-state index in [4.69, 9.17) is 0 Å². The van der Waals surface area contributed by atoms with E-state index >= 15 is 0 Å². The highest BCUT2D eigenvalue weighted by atomic mass is 32.2. The van der Waals surface area contributed by atoms with Gasteiger partial charge in [-0.2, -0.15) is 9.78 Å². The third-order valence-corrected chi connectivity index (χ3v) is 5.22. The molecule has 0 saturated heterocycles. The molecule has 0 saturated carbocycles. The molecule has 9 nitrogen and oxygen atoms in total. The first-order valence-corrected chi connectivity index (χ1v) is 10.3. The van der Waals surface area contributed by atoms with Crippen molar-refractivity contribution in [3.63, 3.8) is 0 Å². The molecule has 4 rings (SSSR count). The summed E-state index contributed by atoms with van der Waals surface area (Å²) in [7, 11) is 0.442. The Morgan fingerprint density at radius 1 is 1.11 bits per heavy atom. The van der Waals surface area contributed by atoms with Crippen molar-refractivity contribution in [3.05, 3.63) is 69.9 Å². The number of rotatable bonds is 5. The molecule has 0 spiro atoms. The molecule has 1 atom stereocenters. The molecule has 10 heteroatoms. The molecule has 3 heterocycles. The molecule has 0 aliphatic rings. The van der Waals surface area contributed by atoms with Gasteiger partial charge in [0, 0.05) is 54.2 Å². The molecule has 0 aliphatic carbocycles. The molecule has 1 aromatic carbocycles. The van der Waals surface area contributed by atoms with Crippen LogP contribution in [0, 0.1) is 0 Å². The van der Waals surface area contributed by atoms with Crippen molar-refractivity contribution in [2.45, 2.75) is 6.54 Å². The number of fused-ring (bicyclic) bond motifs is 1. The van der Waals surface area contributed by atoms with Gasteiger partial charge in [-0.15, -0.1) is 0 Å². The average Bonchev–Trinajstić information content (AvgIpc) is 3.20. The minimum atomic E-state index is -1.09. The van der Waals surface area contributed by atoms with Crippen molar-refractivity contribution in [1.82, 2.24) is 28.7 Å². The highest BCUT2D eigenvalue weighted by Gasteiger charge is 2.16. The monoisotopic (exact) mass is 398 g/mol. The van der Waals surface area contributed by atoms with E-state index in [0.717, 1.165) is 21.2 Å². The van der Waals surface area contributed by atoms with Crippen LogP contribution in [0.25, 0.3) is 22.3 Å². The first kappa shape index (κ1) is 18.1. The standard InChI is InChI=1S/C18H18N6O3S/c1-21-17(25)22(8-9-28(2)27)18(26)24(21)14-5-6-16-13(10-14)12-23(20-16)15-4-3-7-19-11-15/h3-7,10-12H,8-9H2,1-2H3. The Morgan fingerprint density at radius 3 is 2.64 bits per heavy atom. The summed E-state index contributed by atoms with van der Waals surface area (Å²) in [6.07, 6.45) is 6.78. The summed E-state index contributed by atoms with van der Waals surface area (Å²) in [6.45, 7) is 0.114. The molecule has 0 bridgehead atoms. The number of hydrogen-bond donors (Lipinski definition) is 0. The normalized spacial score (nSPS) is 12.5. The quantitative estimate of drug-likeness (QED) is 0.486. The van der Waals surface area contributed by atoms with Gasteiger partial charge in [-0.05, 0) is 30.3 Å². The molecule has 144 valence electrons. The highest BCUT2D eigenvalue weighted by molar-refractivity contribution is 7.84. The highest BCUT2D eigenvalue weighted by Crippen LogP contribution is 2.18. The predicted octanol–water partition coefficient (Wildman–Crippen LogP) is 0.450. The second-order valence-corrected chi connectivity index (χ2v) is 7.91. The number of benzene rings is 1. The Labute approximate surface area is 161 Å². The molecular weight excluding hydrogens is 380 g/mol. The molecule has 0 fully saturated rings. The van der Waals surface area contributed by atoms with Crippen molar-refractivity contribution < 1.29 is 4.21 Å². The van der Waals surface area contributed by atoms with Crippen molar-refractivity contribution in [3.8, 4) is 11.4 Å². The van der Waals surface area contributed by atoms with Crippen LogP contribution in [0.5, 0.6) is 0 Å². The average molecular weight is 398 g/mol. The van der Waals surface area contributed by atoms with Crippen LogP contribution in [0.2, 0.25) is 0 Å². The van der Waals surface area contributed by atoms with Gasteiger partial charge in [-0.3, -0.25) is 9.19 Å². The van der Waals surface area contributed by atoms with Gasteiger partial charge in [0.05, 0.1) is 23.1 Å². The summed E-state index contributed by atoms with van der Waals surface area (Å²) >= 11 is 0. The van der Waals surface area contributed by atoms with E-state index in [0.29, 0.717) is 5.69 Å². The van der Waals surface area contributed by atoms with Gasteiger partial charge in [0.15, 0.2) is 0 Å². The maximum absolute atomic E-state index is 12.8. The lowest BCUT2D eigenvalue weighted by atomic mass is 10.2. The number of pyridine rings is 1. The van der Waals surface area contributed by atoms with E-state index in [9.17, 15) is 13.8 Å². The Balaban J connectivity index is 1.80. The van der Waals surface area contributed by atoms with Gasteiger partial charge in [0.2, 0.25) is 0 Å². The zero-order valence-corrected chi connectivity index (χ0v) is 16.2. The van der Waals surface area contributed by atoms with Crippen molar-refractivity contribution in [2.75, 3.05) is 12.0 Å².